The van der Waals surface area contributed by atoms with Crippen molar-refractivity contribution in [3.63, 3.8) is 0 Å². The molecule has 1 aromatic rings. The van der Waals surface area contributed by atoms with E-state index in [-0.39, 0.29) is 6.10 Å². The summed E-state index contributed by atoms with van der Waals surface area (Å²) in [6.45, 7) is 6.67. The van der Waals surface area contributed by atoms with Gasteiger partial charge in [0.1, 0.15) is 11.3 Å². The Bertz CT molecular complexity index is 397. The van der Waals surface area contributed by atoms with Crippen molar-refractivity contribution in [2.75, 3.05) is 26.7 Å². The van der Waals surface area contributed by atoms with Gasteiger partial charge >= 0.3 is 0 Å². The maximum absolute atomic E-state index is 6.03. The zero-order valence-electron chi connectivity index (χ0n) is 10.5. The zero-order valence-corrected chi connectivity index (χ0v) is 11.2. The van der Waals surface area contributed by atoms with E-state index in [1.807, 2.05) is 6.07 Å². The van der Waals surface area contributed by atoms with Crippen LogP contribution in [-0.2, 0) is 4.74 Å². The number of aromatic nitrogens is 2. The molecule has 1 atom stereocenters. The van der Waals surface area contributed by atoms with Gasteiger partial charge in [0.25, 0.3) is 0 Å². The third-order valence-electron chi connectivity index (χ3n) is 2.88. The van der Waals surface area contributed by atoms with Crippen molar-refractivity contribution in [2.24, 2.45) is 0 Å². The van der Waals surface area contributed by atoms with Crippen LogP contribution in [0, 0.1) is 0 Å². The third-order valence-corrected chi connectivity index (χ3v) is 3.07. The van der Waals surface area contributed by atoms with E-state index in [0.29, 0.717) is 23.5 Å². The first-order chi connectivity index (χ1) is 8.06. The van der Waals surface area contributed by atoms with Crippen LogP contribution >= 0.6 is 11.6 Å². The Balaban J connectivity index is 2.25. The van der Waals surface area contributed by atoms with Gasteiger partial charge in [-0.15, -0.1) is 0 Å². The number of rotatable bonds is 2. The number of halogens is 1. The number of likely N-dealkylation sites (N-methyl/N-ethyl adjacent to an activating group) is 1. The lowest BCUT2D eigenvalue weighted by atomic mass is 10.1. The maximum atomic E-state index is 6.03. The molecule has 1 aromatic heterocycles. The van der Waals surface area contributed by atoms with E-state index in [0.717, 1.165) is 18.8 Å². The molecule has 17 heavy (non-hydrogen) atoms. The smallest absolute Gasteiger partial charge is 0.160 e. The van der Waals surface area contributed by atoms with Crippen LogP contribution in [0.1, 0.15) is 37.4 Å². The summed E-state index contributed by atoms with van der Waals surface area (Å²) in [5, 5.41) is 0.496. The van der Waals surface area contributed by atoms with Crippen LogP contribution in [0.15, 0.2) is 6.07 Å². The Labute approximate surface area is 107 Å². The number of hydrogen-bond donors (Lipinski definition) is 0. The Kier molecular flexibility index (Phi) is 3.97. The van der Waals surface area contributed by atoms with Crippen molar-refractivity contribution in [1.82, 2.24) is 14.9 Å². The molecule has 0 amide bonds. The molecule has 4 nitrogen and oxygen atoms in total. The third kappa shape index (κ3) is 3.15. The van der Waals surface area contributed by atoms with Crippen molar-refractivity contribution in [1.29, 1.82) is 0 Å². The second kappa shape index (κ2) is 5.29. The minimum absolute atomic E-state index is 0.0649. The number of ether oxygens (including phenoxy) is 1. The minimum atomic E-state index is -0.0649. The number of hydrogen-bond acceptors (Lipinski definition) is 4. The predicted molar refractivity (Wildman–Crippen MR) is 67.3 cm³/mol. The minimum Gasteiger partial charge on any atom is -0.368 e. The Morgan fingerprint density at radius 2 is 2.24 bits per heavy atom. The molecule has 94 valence electrons. The summed E-state index contributed by atoms with van der Waals surface area (Å²) >= 11 is 6.03. The van der Waals surface area contributed by atoms with Gasteiger partial charge in [-0.3, -0.25) is 0 Å². The average Bonchev–Trinajstić information content (AvgIpc) is 2.28. The van der Waals surface area contributed by atoms with E-state index in [9.17, 15) is 0 Å². The lowest BCUT2D eigenvalue weighted by Gasteiger charge is -2.29. The monoisotopic (exact) mass is 255 g/mol. The van der Waals surface area contributed by atoms with Crippen LogP contribution in [0.3, 0.4) is 0 Å². The van der Waals surface area contributed by atoms with Gasteiger partial charge in [-0.2, -0.15) is 0 Å². The molecule has 2 heterocycles. The molecule has 0 bridgehead atoms. The first-order valence-corrected chi connectivity index (χ1v) is 6.28. The molecule has 1 fully saturated rings. The molecule has 0 N–H and O–H groups in total. The van der Waals surface area contributed by atoms with E-state index >= 15 is 0 Å². The van der Waals surface area contributed by atoms with Gasteiger partial charge in [-0.25, -0.2) is 9.97 Å². The highest BCUT2D eigenvalue weighted by Crippen LogP contribution is 2.22. The van der Waals surface area contributed by atoms with Gasteiger partial charge < -0.3 is 9.64 Å². The standard InChI is InChI=1S/C12H18ClN3O/c1-8(2)9-6-11(13)15-12(14-9)10-7-16(3)4-5-17-10/h6,8,10H,4-5,7H2,1-3H3. The van der Waals surface area contributed by atoms with Gasteiger partial charge in [0, 0.05) is 18.8 Å². The second-order valence-corrected chi connectivity index (χ2v) is 5.14. The predicted octanol–water partition coefficient (Wildman–Crippen LogP) is 2.26. The number of morpholine rings is 1. The highest BCUT2D eigenvalue weighted by Gasteiger charge is 2.23. The van der Waals surface area contributed by atoms with Crippen LogP contribution in [0.2, 0.25) is 5.15 Å². The molecule has 0 saturated carbocycles. The largest absolute Gasteiger partial charge is 0.368 e. The van der Waals surface area contributed by atoms with Crippen molar-refractivity contribution in [3.8, 4) is 0 Å². The molecule has 1 aliphatic heterocycles. The summed E-state index contributed by atoms with van der Waals surface area (Å²) in [5.74, 6) is 1.04. The SMILES string of the molecule is CC(C)c1cc(Cl)nc(C2CN(C)CCO2)n1. The van der Waals surface area contributed by atoms with E-state index in [1.165, 1.54) is 0 Å². The molecule has 0 aliphatic carbocycles. The lowest BCUT2D eigenvalue weighted by molar-refractivity contribution is -0.0256. The summed E-state index contributed by atoms with van der Waals surface area (Å²) in [4.78, 5) is 11.0. The molecule has 1 saturated heterocycles. The van der Waals surface area contributed by atoms with Crippen LogP contribution < -0.4 is 0 Å². The molecule has 0 radical (unpaired) electrons. The Hall–Kier alpha value is -0.710. The zero-order chi connectivity index (χ0) is 12.4. The van der Waals surface area contributed by atoms with E-state index < -0.39 is 0 Å². The van der Waals surface area contributed by atoms with E-state index in [1.54, 1.807) is 0 Å². The molecule has 1 unspecified atom stereocenters. The van der Waals surface area contributed by atoms with E-state index in [2.05, 4.69) is 35.8 Å². The molecule has 5 heteroatoms. The highest BCUT2D eigenvalue weighted by atomic mass is 35.5. The molecule has 0 aromatic carbocycles. The van der Waals surface area contributed by atoms with Gasteiger partial charge in [0.05, 0.1) is 6.61 Å². The fourth-order valence-electron chi connectivity index (χ4n) is 1.83. The van der Waals surface area contributed by atoms with Gasteiger partial charge in [-0.05, 0) is 19.0 Å². The van der Waals surface area contributed by atoms with Crippen molar-refractivity contribution in [3.05, 3.63) is 22.7 Å². The maximum Gasteiger partial charge on any atom is 0.160 e. The fourth-order valence-corrected chi connectivity index (χ4v) is 2.03. The Morgan fingerprint density at radius 1 is 1.47 bits per heavy atom. The number of nitrogens with zero attached hydrogens (tertiary/aromatic N) is 3. The summed E-state index contributed by atoms with van der Waals surface area (Å²) in [7, 11) is 2.07. The Morgan fingerprint density at radius 3 is 2.88 bits per heavy atom. The molecule has 0 spiro atoms. The van der Waals surface area contributed by atoms with Crippen molar-refractivity contribution >= 4 is 11.6 Å². The summed E-state index contributed by atoms with van der Waals surface area (Å²) in [6.07, 6.45) is -0.0649. The van der Waals surface area contributed by atoms with Gasteiger partial charge in [0.2, 0.25) is 0 Å². The van der Waals surface area contributed by atoms with Crippen LogP contribution in [0.4, 0.5) is 0 Å². The quantitative estimate of drug-likeness (QED) is 0.760. The van der Waals surface area contributed by atoms with Crippen LogP contribution in [0.25, 0.3) is 0 Å². The summed E-state index contributed by atoms with van der Waals surface area (Å²) in [6, 6.07) is 1.82. The van der Waals surface area contributed by atoms with Crippen molar-refractivity contribution in [2.45, 2.75) is 25.9 Å². The molecule has 2 rings (SSSR count). The topological polar surface area (TPSA) is 38.2 Å². The van der Waals surface area contributed by atoms with Crippen LogP contribution in [0.5, 0.6) is 0 Å². The average molecular weight is 256 g/mol. The van der Waals surface area contributed by atoms with Crippen molar-refractivity contribution < 1.29 is 4.74 Å². The first-order valence-electron chi connectivity index (χ1n) is 5.91. The van der Waals surface area contributed by atoms with Crippen LogP contribution in [-0.4, -0.2) is 41.6 Å². The second-order valence-electron chi connectivity index (χ2n) is 4.75. The first kappa shape index (κ1) is 12.7. The normalized spacial score (nSPS) is 22.1. The fraction of sp³-hybridized carbons (Fsp3) is 0.667. The summed E-state index contributed by atoms with van der Waals surface area (Å²) in [5.41, 5.74) is 0.969. The molecular weight excluding hydrogens is 238 g/mol. The highest BCUT2D eigenvalue weighted by molar-refractivity contribution is 6.29. The lowest BCUT2D eigenvalue weighted by Crippen LogP contribution is -2.36. The molecular formula is C12H18ClN3O. The van der Waals surface area contributed by atoms with E-state index in [4.69, 9.17) is 16.3 Å². The summed E-state index contributed by atoms with van der Waals surface area (Å²) < 4.78 is 5.70. The van der Waals surface area contributed by atoms with Gasteiger partial charge in [0.15, 0.2) is 5.82 Å². The molecule has 1 aliphatic rings. The van der Waals surface area contributed by atoms with Gasteiger partial charge in [-0.1, -0.05) is 25.4 Å².